The van der Waals surface area contributed by atoms with Crippen LogP contribution in [-0.2, 0) is 35.2 Å². The zero-order valence-electron chi connectivity index (χ0n) is 34.7. The summed E-state index contributed by atoms with van der Waals surface area (Å²) in [6, 6.07) is 10.9. The summed E-state index contributed by atoms with van der Waals surface area (Å²) in [4.78, 5) is 73.0. The smallest absolute Gasteiger partial charge is 0.410 e. The van der Waals surface area contributed by atoms with Gasteiger partial charge < -0.3 is 34.3 Å². The number of hydrogen-bond acceptors (Lipinski definition) is 9. The first-order chi connectivity index (χ1) is 28.2. The lowest BCUT2D eigenvalue weighted by Gasteiger charge is -2.43. The maximum Gasteiger partial charge on any atom is 0.410 e. The number of hydrogen-bond donors (Lipinski definition) is 2. The molecule has 3 heterocycles. The van der Waals surface area contributed by atoms with E-state index in [4.69, 9.17) is 14.5 Å². The Kier molecular flexibility index (Phi) is 14.6. The quantitative estimate of drug-likeness (QED) is 0.144. The lowest BCUT2D eigenvalue weighted by Crippen LogP contribution is -2.50. The van der Waals surface area contributed by atoms with Crippen LogP contribution in [0, 0.1) is 23.0 Å². The Morgan fingerprint density at radius 2 is 1.68 bits per heavy atom. The number of nitrogens with one attached hydrogen (secondary N) is 1. The van der Waals surface area contributed by atoms with Crippen molar-refractivity contribution in [3.63, 3.8) is 0 Å². The van der Waals surface area contributed by atoms with Gasteiger partial charge in [-0.15, -0.1) is 0 Å². The third-order valence-electron chi connectivity index (χ3n) is 10.1. The number of carbonyl (C=O) groups excluding carboxylic acids is 5. The van der Waals surface area contributed by atoms with Crippen molar-refractivity contribution in [1.29, 1.82) is 0 Å². The minimum atomic E-state index is -1.60. The normalized spacial score (nSPS) is 17.9. The van der Waals surface area contributed by atoms with Crippen LogP contribution in [0.2, 0.25) is 0 Å². The molecule has 14 nitrogen and oxygen atoms in total. The van der Waals surface area contributed by atoms with Gasteiger partial charge in [-0.1, -0.05) is 44.2 Å². The van der Waals surface area contributed by atoms with Crippen molar-refractivity contribution in [2.75, 3.05) is 45.9 Å². The summed E-state index contributed by atoms with van der Waals surface area (Å²) in [5, 5.41) is 13.6. The number of alkyl halides is 1. The zero-order chi connectivity index (χ0) is 43.9. The van der Waals surface area contributed by atoms with Crippen molar-refractivity contribution in [3.8, 4) is 11.3 Å². The molecule has 2 N–H and O–H groups in total. The van der Waals surface area contributed by atoms with Crippen molar-refractivity contribution < 1.29 is 51.7 Å². The van der Waals surface area contributed by atoms with Gasteiger partial charge in [0.15, 0.2) is 0 Å². The van der Waals surface area contributed by atoms with Crippen LogP contribution in [0.3, 0.4) is 0 Å². The molecule has 2 aliphatic rings. The van der Waals surface area contributed by atoms with Crippen LogP contribution in [0.15, 0.2) is 66.9 Å². The molecule has 0 bridgehead atoms. The first kappa shape index (κ1) is 45.5. The average molecular weight is 839 g/mol. The molecule has 4 atom stereocenters. The number of halogens is 3. The standard InChI is InChI=1S/C43H53F3N6O8/c1-27(53)40(57)52(24-29-23-50(25-33(29)46)41(58)60-42(2,3)4)38(43(5,6)21-35(54)47-16-18-59-19-17-51-36(55)14-15-37(51)56)39-48-34(31-20-30(44)12-13-32(31)45)26-49(39)22-28-10-8-7-9-11-28/h7-15,20,26-27,29,33,38,53H,16-19,21-25H2,1-6H3,(H,47,54)/t27-,29-,33-,38-/m0/s1. The Morgan fingerprint density at radius 3 is 2.33 bits per heavy atom. The molecule has 0 aliphatic carbocycles. The third kappa shape index (κ3) is 11.6. The van der Waals surface area contributed by atoms with Crippen molar-refractivity contribution in [2.24, 2.45) is 11.3 Å². The Morgan fingerprint density at radius 1 is 1.00 bits per heavy atom. The van der Waals surface area contributed by atoms with Crippen LogP contribution in [0.4, 0.5) is 18.0 Å². The van der Waals surface area contributed by atoms with Crippen LogP contribution in [0.5, 0.6) is 0 Å². The first-order valence-corrected chi connectivity index (χ1v) is 19.8. The number of imide groups is 1. The fourth-order valence-electron chi connectivity index (χ4n) is 7.33. The summed E-state index contributed by atoms with van der Waals surface area (Å²) in [5.74, 6) is -4.45. The highest BCUT2D eigenvalue weighted by atomic mass is 19.1. The van der Waals surface area contributed by atoms with E-state index in [2.05, 4.69) is 5.32 Å². The molecular weight excluding hydrogens is 786 g/mol. The monoisotopic (exact) mass is 838 g/mol. The predicted molar refractivity (Wildman–Crippen MR) is 214 cm³/mol. The molecule has 324 valence electrons. The van der Waals surface area contributed by atoms with E-state index in [9.17, 15) is 33.5 Å². The van der Waals surface area contributed by atoms with E-state index in [0.717, 1.165) is 28.7 Å². The highest BCUT2D eigenvalue weighted by molar-refractivity contribution is 6.12. The average Bonchev–Trinajstić information content (AvgIpc) is 3.85. The molecule has 17 heteroatoms. The lowest BCUT2D eigenvalue weighted by atomic mass is 9.78. The van der Waals surface area contributed by atoms with Crippen LogP contribution in [-0.4, -0.2) is 123 Å². The third-order valence-corrected chi connectivity index (χ3v) is 10.1. The molecule has 0 spiro atoms. The Hall–Kier alpha value is -5.55. The maximum absolute atomic E-state index is 16.0. The Labute approximate surface area is 347 Å². The summed E-state index contributed by atoms with van der Waals surface area (Å²) < 4.78 is 58.6. The number of aromatic nitrogens is 2. The fraction of sp³-hybridized carbons (Fsp3) is 0.488. The van der Waals surface area contributed by atoms with Gasteiger partial charge in [-0.3, -0.25) is 24.1 Å². The van der Waals surface area contributed by atoms with Gasteiger partial charge >= 0.3 is 6.09 Å². The van der Waals surface area contributed by atoms with Crippen molar-refractivity contribution >= 4 is 29.7 Å². The summed E-state index contributed by atoms with van der Waals surface area (Å²) in [7, 11) is 0. The Bertz CT molecular complexity index is 2050. The molecule has 2 aromatic carbocycles. The van der Waals surface area contributed by atoms with Crippen LogP contribution < -0.4 is 5.32 Å². The van der Waals surface area contributed by atoms with Crippen LogP contribution >= 0.6 is 0 Å². The molecule has 5 rings (SSSR count). The number of carbonyl (C=O) groups is 5. The van der Waals surface area contributed by atoms with Gasteiger partial charge in [0.25, 0.3) is 17.7 Å². The van der Waals surface area contributed by atoms with Crippen molar-refractivity contribution in [2.45, 2.75) is 78.4 Å². The number of ether oxygens (including phenoxy) is 2. The molecule has 0 saturated carbocycles. The predicted octanol–water partition coefficient (Wildman–Crippen LogP) is 4.81. The number of amides is 5. The fourth-order valence-corrected chi connectivity index (χ4v) is 7.33. The molecule has 3 aromatic rings. The van der Waals surface area contributed by atoms with E-state index in [1.165, 1.54) is 35.1 Å². The zero-order valence-corrected chi connectivity index (χ0v) is 34.7. The number of rotatable bonds is 17. The van der Waals surface area contributed by atoms with Gasteiger partial charge in [0, 0.05) is 67.8 Å². The lowest BCUT2D eigenvalue weighted by molar-refractivity contribution is -0.147. The summed E-state index contributed by atoms with van der Waals surface area (Å²) >= 11 is 0. The highest BCUT2D eigenvalue weighted by Gasteiger charge is 2.46. The minimum absolute atomic E-state index is 0.0261. The summed E-state index contributed by atoms with van der Waals surface area (Å²) in [6.07, 6.45) is -0.325. The number of benzene rings is 2. The molecule has 1 aromatic heterocycles. The number of imidazole rings is 1. The van der Waals surface area contributed by atoms with E-state index in [0.29, 0.717) is 0 Å². The highest BCUT2D eigenvalue weighted by Crippen LogP contribution is 2.43. The molecule has 5 amide bonds. The van der Waals surface area contributed by atoms with E-state index < -0.39 is 76.6 Å². The van der Waals surface area contributed by atoms with Crippen molar-refractivity contribution in [3.05, 3.63) is 89.9 Å². The molecule has 60 heavy (non-hydrogen) atoms. The number of aliphatic hydroxyl groups excluding tert-OH is 1. The van der Waals surface area contributed by atoms with Gasteiger partial charge in [0.05, 0.1) is 38.0 Å². The van der Waals surface area contributed by atoms with E-state index in [1.54, 1.807) is 39.2 Å². The van der Waals surface area contributed by atoms with Crippen LogP contribution in [0.1, 0.15) is 65.4 Å². The minimum Gasteiger partial charge on any atom is -0.444 e. The number of nitrogens with zero attached hydrogens (tertiary/aromatic N) is 5. The number of likely N-dealkylation sites (tertiary alicyclic amines) is 1. The molecule has 1 saturated heterocycles. The Balaban J connectivity index is 1.50. The van der Waals surface area contributed by atoms with Gasteiger partial charge in [-0.2, -0.15) is 0 Å². The SMILES string of the molecule is C[C@H](O)C(=O)N(C[C@@H]1CN(C(=O)OC(C)(C)C)C[C@@H]1F)[C@@H](c1nc(-c2cc(F)ccc2F)cn1Cc1ccccc1)C(C)(C)CC(=O)NCCOCCN1C(=O)C=CC1=O. The van der Waals surface area contributed by atoms with E-state index >= 15 is 8.78 Å². The molecule has 1 fully saturated rings. The summed E-state index contributed by atoms with van der Waals surface area (Å²) in [5.41, 5.74) is -1.46. The largest absolute Gasteiger partial charge is 0.444 e. The summed E-state index contributed by atoms with van der Waals surface area (Å²) in [6.45, 7) is 9.28. The van der Waals surface area contributed by atoms with Gasteiger partial charge in [0.1, 0.15) is 35.3 Å². The second-order valence-corrected chi connectivity index (χ2v) is 16.7. The van der Waals surface area contributed by atoms with Gasteiger partial charge in [0.2, 0.25) is 5.91 Å². The van der Waals surface area contributed by atoms with Crippen LogP contribution in [0.25, 0.3) is 11.3 Å². The topological polar surface area (TPSA) is 164 Å². The van der Waals surface area contributed by atoms with Gasteiger partial charge in [-0.25, -0.2) is 22.9 Å². The maximum atomic E-state index is 16.0. The molecule has 0 unspecified atom stereocenters. The number of aliphatic hydroxyl groups is 1. The molecule has 0 radical (unpaired) electrons. The van der Waals surface area contributed by atoms with Gasteiger partial charge in [-0.05, 0) is 51.5 Å². The second-order valence-electron chi connectivity index (χ2n) is 16.7. The molecular formula is C43H53F3N6O8. The first-order valence-electron chi connectivity index (χ1n) is 19.8. The molecule has 2 aliphatic heterocycles. The van der Waals surface area contributed by atoms with Crippen molar-refractivity contribution in [1.82, 2.24) is 29.6 Å². The second kappa shape index (κ2) is 19.2. The van der Waals surface area contributed by atoms with E-state index in [-0.39, 0.29) is 76.0 Å². The van der Waals surface area contributed by atoms with E-state index in [1.807, 2.05) is 30.3 Å².